The molecule has 2 aromatic carbocycles. The van der Waals surface area contributed by atoms with Gasteiger partial charge in [0.05, 0.1) is 11.3 Å². The summed E-state index contributed by atoms with van der Waals surface area (Å²) >= 11 is 3.33. The molecule has 1 aliphatic heterocycles. The lowest BCUT2D eigenvalue weighted by Crippen LogP contribution is -2.32. The van der Waals surface area contributed by atoms with E-state index in [9.17, 15) is 22.8 Å². The number of benzene rings is 2. The molecule has 0 radical (unpaired) electrons. The van der Waals surface area contributed by atoms with Gasteiger partial charge in [0.2, 0.25) is 11.8 Å². The molecule has 1 aliphatic rings. The maximum atomic E-state index is 12.8. The quantitative estimate of drug-likeness (QED) is 0.724. The number of likely N-dealkylation sites (N-methyl/N-ethyl adjacent to an activating group) is 1. The van der Waals surface area contributed by atoms with E-state index in [1.54, 1.807) is 31.3 Å². The van der Waals surface area contributed by atoms with Gasteiger partial charge in [-0.1, -0.05) is 24.3 Å². The summed E-state index contributed by atoms with van der Waals surface area (Å²) in [5, 5.41) is 2.73. The van der Waals surface area contributed by atoms with Crippen molar-refractivity contribution >= 4 is 33.4 Å². The number of halogens is 4. The number of carbonyl (C=O) groups excluding carboxylic acids is 2. The van der Waals surface area contributed by atoms with E-state index in [1.165, 1.54) is 17.0 Å². The highest BCUT2D eigenvalue weighted by Crippen LogP contribution is 2.36. The molecule has 142 valence electrons. The van der Waals surface area contributed by atoms with Crippen LogP contribution in [0, 0.1) is 5.92 Å². The summed E-state index contributed by atoms with van der Waals surface area (Å²) in [6, 6.07) is 11.6. The summed E-state index contributed by atoms with van der Waals surface area (Å²) in [7, 11) is 1.57. The second kappa shape index (κ2) is 7.34. The van der Waals surface area contributed by atoms with E-state index in [4.69, 9.17) is 0 Å². The van der Waals surface area contributed by atoms with Crippen LogP contribution < -0.4 is 5.32 Å². The molecule has 0 aromatic heterocycles. The fraction of sp³-hybridized carbons (Fsp3) is 0.263. The number of rotatable bonds is 3. The number of hydrogen-bond acceptors (Lipinski definition) is 2. The molecule has 27 heavy (non-hydrogen) atoms. The molecular weight excluding hydrogens is 425 g/mol. The number of para-hydroxylation sites is 1. The second-order valence-corrected chi connectivity index (χ2v) is 7.25. The smallest absolute Gasteiger partial charge is 0.344 e. The van der Waals surface area contributed by atoms with E-state index < -0.39 is 29.5 Å². The van der Waals surface area contributed by atoms with Gasteiger partial charge in [-0.2, -0.15) is 13.2 Å². The van der Waals surface area contributed by atoms with E-state index in [2.05, 4.69) is 21.2 Å². The Morgan fingerprint density at radius 1 is 1.15 bits per heavy atom. The number of alkyl halides is 3. The summed E-state index contributed by atoms with van der Waals surface area (Å²) in [4.78, 5) is 26.7. The number of nitrogens with zero attached hydrogens (tertiary/aromatic N) is 1. The SMILES string of the molecule is CN1C[C@H](c2ccc(C(F)(F)F)cc2)[C@@H](C(=O)Nc2ccccc2Br)C1=O. The molecule has 0 unspecified atom stereocenters. The van der Waals surface area contributed by atoms with Crippen molar-refractivity contribution in [2.45, 2.75) is 12.1 Å². The van der Waals surface area contributed by atoms with Crippen LogP contribution in [0.15, 0.2) is 53.0 Å². The van der Waals surface area contributed by atoms with Crippen molar-refractivity contribution < 1.29 is 22.8 Å². The fourth-order valence-electron chi connectivity index (χ4n) is 3.19. The highest BCUT2D eigenvalue weighted by atomic mass is 79.9. The highest BCUT2D eigenvalue weighted by Gasteiger charge is 2.44. The normalized spacial score (nSPS) is 20.0. The van der Waals surface area contributed by atoms with Crippen LogP contribution in [-0.2, 0) is 15.8 Å². The van der Waals surface area contributed by atoms with E-state index in [-0.39, 0.29) is 12.5 Å². The van der Waals surface area contributed by atoms with Crippen LogP contribution in [0.5, 0.6) is 0 Å². The maximum Gasteiger partial charge on any atom is 0.416 e. The predicted molar refractivity (Wildman–Crippen MR) is 98.1 cm³/mol. The Hall–Kier alpha value is -2.35. The molecule has 0 spiro atoms. The van der Waals surface area contributed by atoms with Gasteiger partial charge >= 0.3 is 6.18 Å². The summed E-state index contributed by atoms with van der Waals surface area (Å²) in [5.41, 5.74) is 0.280. The van der Waals surface area contributed by atoms with Crippen molar-refractivity contribution in [2.75, 3.05) is 18.9 Å². The highest BCUT2D eigenvalue weighted by molar-refractivity contribution is 9.10. The lowest BCUT2D eigenvalue weighted by Gasteiger charge is -2.18. The lowest BCUT2D eigenvalue weighted by molar-refractivity contribution is -0.138. The molecular formula is C19H16BrF3N2O2. The third-order valence-electron chi connectivity index (χ3n) is 4.60. The molecule has 3 rings (SSSR count). The van der Waals surface area contributed by atoms with Crippen molar-refractivity contribution in [1.29, 1.82) is 0 Å². The molecule has 4 nitrogen and oxygen atoms in total. The molecule has 2 aromatic rings. The first-order chi connectivity index (χ1) is 12.7. The monoisotopic (exact) mass is 440 g/mol. The lowest BCUT2D eigenvalue weighted by atomic mass is 9.87. The van der Waals surface area contributed by atoms with Crippen LogP contribution in [0.1, 0.15) is 17.0 Å². The minimum absolute atomic E-state index is 0.262. The summed E-state index contributed by atoms with van der Waals surface area (Å²) in [5.74, 6) is -2.36. The van der Waals surface area contributed by atoms with Gasteiger partial charge in [-0.3, -0.25) is 9.59 Å². The van der Waals surface area contributed by atoms with Crippen LogP contribution in [0.25, 0.3) is 0 Å². The average Bonchev–Trinajstić information content (AvgIpc) is 2.91. The van der Waals surface area contributed by atoms with Crippen molar-refractivity contribution in [2.24, 2.45) is 5.92 Å². The fourth-order valence-corrected chi connectivity index (χ4v) is 3.57. The third-order valence-corrected chi connectivity index (χ3v) is 5.29. The molecule has 2 amide bonds. The zero-order chi connectivity index (χ0) is 19.8. The minimum Gasteiger partial charge on any atom is -0.344 e. The average molecular weight is 441 g/mol. The van der Waals surface area contributed by atoms with Gasteiger partial charge in [0.1, 0.15) is 5.92 Å². The van der Waals surface area contributed by atoms with Gasteiger partial charge in [-0.15, -0.1) is 0 Å². The zero-order valence-electron chi connectivity index (χ0n) is 14.3. The number of amides is 2. The number of nitrogens with one attached hydrogen (secondary N) is 1. The molecule has 1 fully saturated rings. The molecule has 0 aliphatic carbocycles. The Balaban J connectivity index is 1.87. The van der Waals surface area contributed by atoms with Gasteiger partial charge in [-0.05, 0) is 45.8 Å². The Labute approximate surface area is 162 Å². The molecule has 8 heteroatoms. The summed E-state index contributed by atoms with van der Waals surface area (Å²) in [6.07, 6.45) is -4.43. The van der Waals surface area contributed by atoms with Crippen molar-refractivity contribution in [3.8, 4) is 0 Å². The largest absolute Gasteiger partial charge is 0.416 e. The van der Waals surface area contributed by atoms with E-state index in [0.717, 1.165) is 12.1 Å². The van der Waals surface area contributed by atoms with Gasteiger partial charge in [0.15, 0.2) is 0 Å². The van der Waals surface area contributed by atoms with Gasteiger partial charge in [0, 0.05) is 24.0 Å². The van der Waals surface area contributed by atoms with Crippen molar-refractivity contribution in [3.05, 3.63) is 64.1 Å². The van der Waals surface area contributed by atoms with Crippen LogP contribution >= 0.6 is 15.9 Å². The number of anilines is 1. The van der Waals surface area contributed by atoms with E-state index in [1.807, 2.05) is 0 Å². The molecule has 1 saturated heterocycles. The number of likely N-dealkylation sites (tertiary alicyclic amines) is 1. The van der Waals surface area contributed by atoms with Crippen molar-refractivity contribution in [1.82, 2.24) is 4.90 Å². The predicted octanol–water partition coefficient (Wildman–Crippen LogP) is 4.28. The third kappa shape index (κ3) is 4.00. The van der Waals surface area contributed by atoms with Gasteiger partial charge in [0.25, 0.3) is 0 Å². The van der Waals surface area contributed by atoms with Gasteiger partial charge in [-0.25, -0.2) is 0 Å². The molecule has 0 saturated carbocycles. The Kier molecular flexibility index (Phi) is 5.28. The minimum atomic E-state index is -4.43. The van der Waals surface area contributed by atoms with Crippen LogP contribution in [0.2, 0.25) is 0 Å². The standard InChI is InChI=1S/C19H16BrF3N2O2/c1-25-10-13(11-6-8-12(9-7-11)19(21,22)23)16(18(25)27)17(26)24-15-5-3-2-4-14(15)20/h2-9,13,16H,10H2,1H3,(H,24,26)/t13-,16+/m1/s1. The van der Waals surface area contributed by atoms with Crippen LogP contribution in [0.3, 0.4) is 0 Å². The first kappa shape index (κ1) is 19.4. The first-order valence-corrected chi connectivity index (χ1v) is 8.95. The Bertz CT molecular complexity index is 868. The van der Waals surface area contributed by atoms with E-state index >= 15 is 0 Å². The number of hydrogen-bond donors (Lipinski definition) is 1. The number of carbonyl (C=O) groups is 2. The molecule has 1 heterocycles. The molecule has 0 bridgehead atoms. The molecule has 1 N–H and O–H groups in total. The van der Waals surface area contributed by atoms with Crippen LogP contribution in [0.4, 0.5) is 18.9 Å². The maximum absolute atomic E-state index is 12.8. The second-order valence-electron chi connectivity index (χ2n) is 6.39. The molecule has 2 atom stereocenters. The van der Waals surface area contributed by atoms with E-state index in [0.29, 0.717) is 15.7 Å². The Morgan fingerprint density at radius 3 is 2.37 bits per heavy atom. The van der Waals surface area contributed by atoms with Crippen molar-refractivity contribution in [3.63, 3.8) is 0 Å². The van der Waals surface area contributed by atoms with Gasteiger partial charge < -0.3 is 10.2 Å². The first-order valence-electron chi connectivity index (χ1n) is 8.16. The summed E-state index contributed by atoms with van der Waals surface area (Å²) in [6.45, 7) is 0.262. The topological polar surface area (TPSA) is 49.4 Å². The summed E-state index contributed by atoms with van der Waals surface area (Å²) < 4.78 is 39.0. The zero-order valence-corrected chi connectivity index (χ0v) is 15.8. The Morgan fingerprint density at radius 2 is 1.78 bits per heavy atom. The van der Waals surface area contributed by atoms with Crippen LogP contribution in [-0.4, -0.2) is 30.3 Å².